The highest BCUT2D eigenvalue weighted by Crippen LogP contribution is 2.26. The van der Waals surface area contributed by atoms with Crippen molar-refractivity contribution in [3.8, 4) is 5.75 Å². The molecule has 0 bridgehead atoms. The number of thiazole rings is 1. The Bertz CT molecular complexity index is 720. The van der Waals surface area contributed by atoms with Crippen LogP contribution in [-0.2, 0) is 10.0 Å². The highest BCUT2D eigenvalue weighted by Gasteiger charge is 2.27. The van der Waals surface area contributed by atoms with E-state index in [2.05, 4.69) is 14.6 Å². The second-order valence-corrected chi connectivity index (χ2v) is 8.43. The number of aromatic nitrogens is 1. The Morgan fingerprint density at radius 2 is 2.17 bits per heavy atom. The molecule has 2 aromatic rings. The van der Waals surface area contributed by atoms with E-state index in [4.69, 9.17) is 4.74 Å². The third kappa shape index (κ3) is 4.68. The largest absolute Gasteiger partial charge is 0.492 e. The summed E-state index contributed by atoms with van der Waals surface area (Å²) in [6.07, 6.45) is 3.81. The van der Waals surface area contributed by atoms with Gasteiger partial charge in [0.1, 0.15) is 12.4 Å². The van der Waals surface area contributed by atoms with Gasteiger partial charge in [-0.05, 0) is 25.0 Å². The molecular weight excluding hydrogens is 346 g/mol. The van der Waals surface area contributed by atoms with Crippen LogP contribution in [0.4, 0.5) is 5.13 Å². The van der Waals surface area contributed by atoms with Gasteiger partial charge in [-0.3, -0.25) is 0 Å². The topological polar surface area (TPSA) is 71.5 Å². The molecule has 0 radical (unpaired) electrons. The Labute approximate surface area is 146 Å². The van der Waals surface area contributed by atoms with Gasteiger partial charge in [0.2, 0.25) is 10.0 Å². The summed E-state index contributed by atoms with van der Waals surface area (Å²) in [5.74, 6) is 0.629. The molecule has 3 rings (SSSR count). The molecule has 1 aromatic carbocycles. The zero-order valence-corrected chi connectivity index (χ0v) is 14.9. The minimum Gasteiger partial charge on any atom is -0.492 e. The van der Waals surface area contributed by atoms with Gasteiger partial charge in [0, 0.05) is 30.7 Å². The Hall–Kier alpha value is -1.64. The van der Waals surface area contributed by atoms with E-state index in [1.807, 2.05) is 35.7 Å². The SMILES string of the molecule is O=S(=O)(CCOc1ccccc1)NCC1CCCN1c1nccs1. The maximum absolute atomic E-state index is 12.1. The molecule has 1 aliphatic rings. The number of nitrogens with zero attached hydrogens (tertiary/aromatic N) is 2. The van der Waals surface area contributed by atoms with Crippen molar-refractivity contribution in [1.29, 1.82) is 0 Å². The molecule has 130 valence electrons. The third-order valence-corrected chi connectivity index (χ3v) is 6.06. The monoisotopic (exact) mass is 367 g/mol. The van der Waals surface area contributed by atoms with Crippen LogP contribution in [0.3, 0.4) is 0 Å². The van der Waals surface area contributed by atoms with Gasteiger partial charge in [-0.2, -0.15) is 0 Å². The lowest BCUT2D eigenvalue weighted by Crippen LogP contribution is -2.41. The number of benzene rings is 1. The van der Waals surface area contributed by atoms with Crippen molar-refractivity contribution in [3.63, 3.8) is 0 Å². The standard InChI is InChI=1S/C16H21N3O3S2/c20-24(21,12-10-22-15-6-2-1-3-7-15)18-13-14-5-4-9-19(14)16-17-8-11-23-16/h1-3,6-8,11,14,18H,4-5,9-10,12-13H2. The van der Waals surface area contributed by atoms with Crippen molar-refractivity contribution < 1.29 is 13.2 Å². The Kier molecular flexibility index (Phi) is 5.70. The summed E-state index contributed by atoms with van der Waals surface area (Å²) in [7, 11) is -3.35. The van der Waals surface area contributed by atoms with Crippen LogP contribution in [0.5, 0.6) is 5.75 Å². The number of ether oxygens (including phenoxy) is 1. The first-order valence-electron chi connectivity index (χ1n) is 7.95. The van der Waals surface area contributed by atoms with Gasteiger partial charge in [0.05, 0.1) is 5.75 Å². The van der Waals surface area contributed by atoms with Crippen LogP contribution < -0.4 is 14.4 Å². The first-order valence-corrected chi connectivity index (χ1v) is 10.5. The molecule has 0 spiro atoms. The number of sulfonamides is 1. The van der Waals surface area contributed by atoms with Gasteiger partial charge >= 0.3 is 0 Å². The first kappa shape index (κ1) is 17.2. The normalized spacial score (nSPS) is 18.0. The summed E-state index contributed by atoms with van der Waals surface area (Å²) in [5, 5.41) is 2.90. The number of hydrogen-bond donors (Lipinski definition) is 1. The first-order chi connectivity index (χ1) is 11.6. The van der Waals surface area contributed by atoms with Gasteiger partial charge in [0.15, 0.2) is 5.13 Å². The summed E-state index contributed by atoms with van der Waals surface area (Å²) in [5.41, 5.74) is 0. The molecule has 8 heteroatoms. The van der Waals surface area contributed by atoms with Crippen LogP contribution in [0, 0.1) is 0 Å². The molecule has 1 aromatic heterocycles. The molecule has 1 atom stereocenters. The van der Waals surface area contributed by atoms with Crippen LogP contribution in [-0.4, -0.2) is 44.9 Å². The summed E-state index contributed by atoms with van der Waals surface area (Å²) < 4.78 is 32.5. The van der Waals surface area contributed by atoms with Crippen LogP contribution in [0.2, 0.25) is 0 Å². The Morgan fingerprint density at radius 1 is 1.33 bits per heavy atom. The molecule has 2 heterocycles. The fourth-order valence-electron chi connectivity index (χ4n) is 2.74. The molecule has 1 unspecified atom stereocenters. The zero-order chi connectivity index (χ0) is 16.8. The van der Waals surface area contributed by atoms with Crippen molar-refractivity contribution in [2.24, 2.45) is 0 Å². The summed E-state index contributed by atoms with van der Waals surface area (Å²) in [4.78, 5) is 6.51. The summed E-state index contributed by atoms with van der Waals surface area (Å²) in [6.45, 7) is 1.48. The van der Waals surface area contributed by atoms with Crippen LogP contribution in [0.1, 0.15) is 12.8 Å². The highest BCUT2D eigenvalue weighted by molar-refractivity contribution is 7.89. The molecule has 0 saturated carbocycles. The lowest BCUT2D eigenvalue weighted by molar-refractivity contribution is 0.340. The van der Waals surface area contributed by atoms with E-state index in [1.54, 1.807) is 17.5 Å². The number of hydrogen-bond acceptors (Lipinski definition) is 6. The van der Waals surface area contributed by atoms with E-state index in [1.165, 1.54) is 0 Å². The Morgan fingerprint density at radius 3 is 2.92 bits per heavy atom. The maximum Gasteiger partial charge on any atom is 0.215 e. The highest BCUT2D eigenvalue weighted by atomic mass is 32.2. The predicted molar refractivity (Wildman–Crippen MR) is 96.2 cm³/mol. The molecule has 1 aliphatic heterocycles. The second kappa shape index (κ2) is 7.96. The van der Waals surface area contributed by atoms with E-state index in [-0.39, 0.29) is 18.4 Å². The molecule has 0 aliphatic carbocycles. The summed E-state index contributed by atoms with van der Waals surface area (Å²) in [6, 6.07) is 9.39. The zero-order valence-electron chi connectivity index (χ0n) is 13.3. The van der Waals surface area contributed by atoms with Gasteiger partial charge in [-0.25, -0.2) is 18.1 Å². The lowest BCUT2D eigenvalue weighted by Gasteiger charge is -2.24. The number of anilines is 1. The van der Waals surface area contributed by atoms with Crippen LogP contribution in [0.15, 0.2) is 41.9 Å². The van der Waals surface area contributed by atoms with E-state index in [0.29, 0.717) is 12.3 Å². The van der Waals surface area contributed by atoms with E-state index < -0.39 is 10.0 Å². The fraction of sp³-hybridized carbons (Fsp3) is 0.438. The van der Waals surface area contributed by atoms with Crippen molar-refractivity contribution in [2.75, 3.05) is 30.3 Å². The molecular formula is C16H21N3O3S2. The summed E-state index contributed by atoms with van der Waals surface area (Å²) >= 11 is 1.59. The molecule has 1 saturated heterocycles. The molecule has 1 fully saturated rings. The average Bonchev–Trinajstić information content (AvgIpc) is 3.25. The molecule has 6 nitrogen and oxygen atoms in total. The van der Waals surface area contributed by atoms with Crippen LogP contribution in [0.25, 0.3) is 0 Å². The number of para-hydroxylation sites is 1. The third-order valence-electron chi connectivity index (χ3n) is 3.94. The Balaban J connectivity index is 1.46. The fourth-order valence-corrected chi connectivity index (χ4v) is 4.37. The van der Waals surface area contributed by atoms with Gasteiger partial charge < -0.3 is 9.64 Å². The van der Waals surface area contributed by atoms with Crippen LogP contribution >= 0.6 is 11.3 Å². The molecule has 0 amide bonds. The van der Waals surface area contributed by atoms with Gasteiger partial charge in [-0.1, -0.05) is 18.2 Å². The molecule has 24 heavy (non-hydrogen) atoms. The second-order valence-electron chi connectivity index (χ2n) is 5.63. The molecule has 1 N–H and O–H groups in total. The maximum atomic E-state index is 12.1. The number of rotatable bonds is 8. The van der Waals surface area contributed by atoms with Crippen molar-refractivity contribution in [1.82, 2.24) is 9.71 Å². The van der Waals surface area contributed by atoms with E-state index in [9.17, 15) is 8.42 Å². The van der Waals surface area contributed by atoms with Crippen molar-refractivity contribution in [2.45, 2.75) is 18.9 Å². The average molecular weight is 367 g/mol. The van der Waals surface area contributed by atoms with E-state index in [0.717, 1.165) is 24.5 Å². The number of nitrogens with one attached hydrogen (secondary N) is 1. The van der Waals surface area contributed by atoms with E-state index >= 15 is 0 Å². The van der Waals surface area contributed by atoms with Gasteiger partial charge in [-0.15, -0.1) is 11.3 Å². The van der Waals surface area contributed by atoms with Crippen molar-refractivity contribution in [3.05, 3.63) is 41.9 Å². The minimum absolute atomic E-state index is 0.0497. The van der Waals surface area contributed by atoms with Gasteiger partial charge in [0.25, 0.3) is 0 Å². The van der Waals surface area contributed by atoms with Crippen molar-refractivity contribution >= 4 is 26.5 Å². The predicted octanol–water partition coefficient (Wildman–Crippen LogP) is 2.11. The quantitative estimate of drug-likeness (QED) is 0.774. The lowest BCUT2D eigenvalue weighted by atomic mass is 10.2. The minimum atomic E-state index is -3.35. The smallest absolute Gasteiger partial charge is 0.215 e.